The van der Waals surface area contributed by atoms with E-state index in [0.29, 0.717) is 5.92 Å². The fourth-order valence-electron chi connectivity index (χ4n) is 3.12. The summed E-state index contributed by atoms with van der Waals surface area (Å²) >= 11 is 1.76. The van der Waals surface area contributed by atoms with E-state index in [1.54, 1.807) is 11.3 Å². The molecule has 1 aromatic heterocycles. The summed E-state index contributed by atoms with van der Waals surface area (Å²) in [4.78, 5) is 6.95. The van der Waals surface area contributed by atoms with Gasteiger partial charge in [0.25, 0.3) is 0 Å². The third-order valence-corrected chi connectivity index (χ3v) is 5.42. The molecule has 1 aliphatic rings. The number of rotatable bonds is 7. The first-order valence-corrected chi connectivity index (χ1v) is 9.86. The highest BCUT2D eigenvalue weighted by Gasteiger charge is 2.18. The maximum absolute atomic E-state index is 4.36. The molecule has 1 unspecified atom stereocenters. The lowest BCUT2D eigenvalue weighted by Crippen LogP contribution is -2.43. The van der Waals surface area contributed by atoms with Crippen molar-refractivity contribution in [2.75, 3.05) is 39.8 Å². The molecule has 2 rings (SSSR count). The number of halogens is 1. The number of guanidine groups is 1. The molecule has 1 fully saturated rings. The summed E-state index contributed by atoms with van der Waals surface area (Å²) in [6.07, 6.45) is 3.87. The quantitative estimate of drug-likeness (QED) is 0.367. The summed E-state index contributed by atoms with van der Waals surface area (Å²) in [5, 5.41) is 11.3. The van der Waals surface area contributed by atoms with Crippen LogP contribution in [-0.4, -0.2) is 50.6 Å². The van der Waals surface area contributed by atoms with Gasteiger partial charge in [-0.25, -0.2) is 0 Å². The summed E-state index contributed by atoms with van der Waals surface area (Å²) in [6, 6.07) is 2.21. The van der Waals surface area contributed by atoms with Crippen LogP contribution in [0.25, 0.3) is 0 Å². The van der Waals surface area contributed by atoms with Crippen molar-refractivity contribution in [1.29, 1.82) is 0 Å². The zero-order chi connectivity index (χ0) is 16.5. The Morgan fingerprint density at radius 2 is 2.12 bits per heavy atom. The first-order valence-electron chi connectivity index (χ1n) is 8.91. The Balaban J connectivity index is 0.00000288. The van der Waals surface area contributed by atoms with Crippen molar-refractivity contribution in [3.63, 3.8) is 0 Å². The minimum atomic E-state index is 0. The number of thiophene rings is 1. The molecule has 2 heterocycles. The van der Waals surface area contributed by atoms with Crippen LogP contribution in [0.15, 0.2) is 21.8 Å². The normalized spacial score (nSPS) is 18.0. The molecule has 1 atom stereocenters. The van der Waals surface area contributed by atoms with Crippen LogP contribution in [0.2, 0.25) is 0 Å². The van der Waals surface area contributed by atoms with Gasteiger partial charge in [-0.15, -0.1) is 24.0 Å². The van der Waals surface area contributed by atoms with Gasteiger partial charge in [-0.3, -0.25) is 4.99 Å². The highest BCUT2D eigenvalue weighted by atomic mass is 127. The molecule has 0 saturated carbocycles. The largest absolute Gasteiger partial charge is 0.356 e. The number of nitrogens with one attached hydrogen (secondary N) is 2. The SMILES string of the molecule is CCCN1CCC(CNC(=NC)NCC(C)c2ccsc2)CC1.I. The number of piperidine rings is 1. The second-order valence-corrected chi connectivity index (χ2v) is 7.36. The van der Waals surface area contributed by atoms with Gasteiger partial charge in [0.2, 0.25) is 0 Å². The summed E-state index contributed by atoms with van der Waals surface area (Å²) < 4.78 is 0. The average Bonchev–Trinajstić information content (AvgIpc) is 3.11. The lowest BCUT2D eigenvalue weighted by Gasteiger charge is -2.32. The van der Waals surface area contributed by atoms with E-state index >= 15 is 0 Å². The summed E-state index contributed by atoms with van der Waals surface area (Å²) in [7, 11) is 1.86. The second kappa shape index (κ2) is 12.1. The molecular formula is C18H33IN4S. The lowest BCUT2D eigenvalue weighted by atomic mass is 9.97. The molecule has 138 valence electrons. The summed E-state index contributed by atoms with van der Waals surface area (Å²) in [6.45, 7) is 10.2. The van der Waals surface area contributed by atoms with E-state index in [1.807, 2.05) is 7.05 Å². The molecule has 1 aromatic rings. The van der Waals surface area contributed by atoms with Gasteiger partial charge in [0.05, 0.1) is 0 Å². The maximum Gasteiger partial charge on any atom is 0.191 e. The lowest BCUT2D eigenvalue weighted by molar-refractivity contribution is 0.185. The van der Waals surface area contributed by atoms with Gasteiger partial charge in [0, 0.05) is 20.1 Å². The monoisotopic (exact) mass is 464 g/mol. The predicted octanol–water partition coefficient (Wildman–Crippen LogP) is 3.76. The first kappa shape index (κ1) is 21.7. The van der Waals surface area contributed by atoms with E-state index in [9.17, 15) is 0 Å². The average molecular weight is 464 g/mol. The summed E-state index contributed by atoms with van der Waals surface area (Å²) in [5.74, 6) is 2.22. The van der Waals surface area contributed by atoms with E-state index in [0.717, 1.165) is 25.0 Å². The predicted molar refractivity (Wildman–Crippen MR) is 117 cm³/mol. The minimum Gasteiger partial charge on any atom is -0.356 e. The molecular weight excluding hydrogens is 431 g/mol. The molecule has 0 radical (unpaired) electrons. The highest BCUT2D eigenvalue weighted by Crippen LogP contribution is 2.17. The number of hydrogen-bond acceptors (Lipinski definition) is 3. The van der Waals surface area contributed by atoms with Crippen LogP contribution in [0.1, 0.15) is 44.6 Å². The highest BCUT2D eigenvalue weighted by molar-refractivity contribution is 14.0. The number of nitrogens with zero attached hydrogens (tertiary/aromatic N) is 2. The van der Waals surface area contributed by atoms with Crippen LogP contribution < -0.4 is 10.6 Å². The van der Waals surface area contributed by atoms with Crippen LogP contribution in [0.4, 0.5) is 0 Å². The number of aliphatic imine (C=N–C) groups is 1. The van der Waals surface area contributed by atoms with Crippen LogP contribution in [0.5, 0.6) is 0 Å². The van der Waals surface area contributed by atoms with Crippen LogP contribution in [-0.2, 0) is 0 Å². The molecule has 4 nitrogen and oxygen atoms in total. The number of hydrogen-bond donors (Lipinski definition) is 2. The Kier molecular flexibility index (Phi) is 10.9. The molecule has 0 amide bonds. The Morgan fingerprint density at radius 1 is 1.38 bits per heavy atom. The second-order valence-electron chi connectivity index (χ2n) is 6.58. The van der Waals surface area contributed by atoms with Crippen LogP contribution in [0, 0.1) is 5.92 Å². The van der Waals surface area contributed by atoms with Crippen LogP contribution in [0.3, 0.4) is 0 Å². The molecule has 1 aliphatic heterocycles. The van der Waals surface area contributed by atoms with Crippen molar-refractivity contribution in [3.05, 3.63) is 22.4 Å². The Morgan fingerprint density at radius 3 is 2.71 bits per heavy atom. The smallest absolute Gasteiger partial charge is 0.191 e. The Labute approximate surface area is 168 Å². The van der Waals surface area contributed by atoms with Crippen molar-refractivity contribution in [1.82, 2.24) is 15.5 Å². The Bertz CT molecular complexity index is 456. The molecule has 0 aromatic carbocycles. The minimum absolute atomic E-state index is 0. The van der Waals surface area contributed by atoms with Crippen molar-refractivity contribution in [2.45, 2.75) is 39.0 Å². The standard InChI is InChI=1S/C18H32N4S.HI/c1-4-8-22-9-5-16(6-10-22)13-21-18(19-3)20-12-15(2)17-7-11-23-14-17;/h7,11,14-16H,4-6,8-10,12-13H2,1-3H3,(H2,19,20,21);1H. The zero-order valence-corrected chi connectivity index (χ0v) is 18.4. The van der Waals surface area contributed by atoms with E-state index in [4.69, 9.17) is 0 Å². The van der Waals surface area contributed by atoms with Gasteiger partial charge >= 0.3 is 0 Å². The summed E-state index contributed by atoms with van der Waals surface area (Å²) in [5.41, 5.74) is 1.40. The third kappa shape index (κ3) is 7.27. The van der Waals surface area contributed by atoms with E-state index in [1.165, 1.54) is 44.5 Å². The van der Waals surface area contributed by atoms with E-state index in [-0.39, 0.29) is 24.0 Å². The van der Waals surface area contributed by atoms with Gasteiger partial charge in [0.15, 0.2) is 5.96 Å². The van der Waals surface area contributed by atoms with Gasteiger partial charge in [-0.2, -0.15) is 11.3 Å². The fraction of sp³-hybridized carbons (Fsp3) is 0.722. The fourth-order valence-corrected chi connectivity index (χ4v) is 3.90. The van der Waals surface area contributed by atoms with Crippen molar-refractivity contribution >= 4 is 41.3 Å². The Hall–Kier alpha value is -0.340. The maximum atomic E-state index is 4.36. The molecule has 0 aliphatic carbocycles. The first-order chi connectivity index (χ1) is 11.2. The zero-order valence-electron chi connectivity index (χ0n) is 15.3. The van der Waals surface area contributed by atoms with Crippen molar-refractivity contribution in [2.24, 2.45) is 10.9 Å². The topological polar surface area (TPSA) is 39.7 Å². The van der Waals surface area contributed by atoms with E-state index < -0.39 is 0 Å². The molecule has 0 bridgehead atoms. The molecule has 24 heavy (non-hydrogen) atoms. The molecule has 1 saturated heterocycles. The third-order valence-electron chi connectivity index (χ3n) is 4.72. The molecule has 6 heteroatoms. The molecule has 0 spiro atoms. The van der Waals surface area contributed by atoms with Gasteiger partial charge in [-0.05, 0) is 73.1 Å². The molecule has 2 N–H and O–H groups in total. The van der Waals surface area contributed by atoms with Crippen molar-refractivity contribution in [3.8, 4) is 0 Å². The van der Waals surface area contributed by atoms with Crippen molar-refractivity contribution < 1.29 is 0 Å². The number of likely N-dealkylation sites (tertiary alicyclic amines) is 1. The van der Waals surface area contributed by atoms with Gasteiger partial charge in [-0.1, -0.05) is 13.8 Å². The van der Waals surface area contributed by atoms with Gasteiger partial charge < -0.3 is 15.5 Å². The van der Waals surface area contributed by atoms with E-state index in [2.05, 4.69) is 51.2 Å². The van der Waals surface area contributed by atoms with Gasteiger partial charge in [0.1, 0.15) is 0 Å². The van der Waals surface area contributed by atoms with Crippen LogP contribution >= 0.6 is 35.3 Å².